The van der Waals surface area contributed by atoms with E-state index in [9.17, 15) is 15.0 Å². The van der Waals surface area contributed by atoms with Gasteiger partial charge in [-0.1, -0.05) is 13.8 Å². The minimum Gasteiger partial charge on any atom is -0.389 e. The van der Waals surface area contributed by atoms with E-state index in [1.807, 2.05) is 27.7 Å². The van der Waals surface area contributed by atoms with Crippen molar-refractivity contribution in [2.24, 2.45) is 17.3 Å². The molecule has 2 fully saturated rings. The molecule has 0 aromatic rings. The van der Waals surface area contributed by atoms with Crippen LogP contribution in [-0.2, 0) is 9.53 Å². The molecule has 1 saturated heterocycles. The first-order chi connectivity index (χ1) is 8.69. The van der Waals surface area contributed by atoms with Gasteiger partial charge in [-0.2, -0.15) is 0 Å². The fourth-order valence-electron chi connectivity index (χ4n) is 4.63. The number of rotatable bonds is 0. The van der Waals surface area contributed by atoms with E-state index in [1.54, 1.807) is 6.08 Å². The molecule has 2 bridgehead atoms. The molecule has 106 valence electrons. The number of ether oxygens (including phenoxy) is 1. The first kappa shape index (κ1) is 13.3. The summed E-state index contributed by atoms with van der Waals surface area (Å²) in [5, 5.41) is 20.4. The van der Waals surface area contributed by atoms with Gasteiger partial charge in [0.05, 0.1) is 17.8 Å². The molecule has 1 heterocycles. The summed E-state index contributed by atoms with van der Waals surface area (Å²) in [6.45, 7) is 7.97. The van der Waals surface area contributed by atoms with Crippen LogP contribution in [0.4, 0.5) is 0 Å². The zero-order valence-corrected chi connectivity index (χ0v) is 11.9. The Morgan fingerprint density at radius 3 is 2.58 bits per heavy atom. The second-order valence-corrected chi connectivity index (χ2v) is 7.04. The van der Waals surface area contributed by atoms with Crippen LogP contribution < -0.4 is 0 Å². The van der Waals surface area contributed by atoms with Gasteiger partial charge in [0, 0.05) is 16.9 Å². The number of carbonyl (C=O) groups is 1. The van der Waals surface area contributed by atoms with Crippen molar-refractivity contribution in [2.45, 2.75) is 58.0 Å². The average molecular weight is 266 g/mol. The second-order valence-electron chi connectivity index (χ2n) is 7.04. The van der Waals surface area contributed by atoms with Crippen LogP contribution in [-0.4, -0.2) is 39.9 Å². The van der Waals surface area contributed by atoms with E-state index in [1.165, 1.54) is 0 Å². The largest absolute Gasteiger partial charge is 0.389 e. The Kier molecular flexibility index (Phi) is 2.58. The Morgan fingerprint density at radius 1 is 1.32 bits per heavy atom. The summed E-state index contributed by atoms with van der Waals surface area (Å²) in [6.07, 6.45) is 0.217. The maximum absolute atomic E-state index is 12.5. The molecule has 1 aliphatic heterocycles. The van der Waals surface area contributed by atoms with Gasteiger partial charge in [0.2, 0.25) is 0 Å². The normalized spacial score (nSPS) is 51.8. The third kappa shape index (κ3) is 1.48. The van der Waals surface area contributed by atoms with Crippen LogP contribution in [0.5, 0.6) is 0 Å². The first-order valence-electron chi connectivity index (χ1n) is 7.00. The highest BCUT2D eigenvalue weighted by atomic mass is 16.5. The number of carbonyl (C=O) groups excluding carboxylic acids is 1. The van der Waals surface area contributed by atoms with Crippen molar-refractivity contribution in [3.8, 4) is 0 Å². The fourth-order valence-corrected chi connectivity index (χ4v) is 4.63. The topological polar surface area (TPSA) is 66.8 Å². The molecule has 6 unspecified atom stereocenters. The van der Waals surface area contributed by atoms with Gasteiger partial charge in [0.25, 0.3) is 0 Å². The minimum atomic E-state index is -0.767. The number of ketones is 1. The van der Waals surface area contributed by atoms with E-state index in [-0.39, 0.29) is 17.6 Å². The number of fused-ring (bicyclic) bond motifs is 4. The lowest BCUT2D eigenvalue weighted by Gasteiger charge is -2.51. The summed E-state index contributed by atoms with van der Waals surface area (Å²) in [5.41, 5.74) is -0.294. The number of hydrogen-bond acceptors (Lipinski definition) is 4. The predicted octanol–water partition coefficient (Wildman–Crippen LogP) is 1.06. The van der Waals surface area contributed by atoms with Gasteiger partial charge >= 0.3 is 0 Å². The average Bonchev–Trinajstić information content (AvgIpc) is 2.49. The lowest BCUT2D eigenvalue weighted by Crippen LogP contribution is -2.56. The van der Waals surface area contributed by atoms with Crippen molar-refractivity contribution in [3.63, 3.8) is 0 Å². The number of hydrogen-bond donors (Lipinski definition) is 2. The fraction of sp³-hybridized carbons (Fsp3) is 0.800. The van der Waals surface area contributed by atoms with Gasteiger partial charge < -0.3 is 14.9 Å². The molecule has 2 N–H and O–H groups in total. The Hall–Kier alpha value is -0.710. The number of aliphatic hydroxyl groups excluding tert-OH is 2. The molecular weight excluding hydrogens is 244 g/mol. The Labute approximate surface area is 113 Å². The molecule has 0 radical (unpaired) electrons. The molecule has 0 aromatic carbocycles. The molecular formula is C15H22O4. The molecule has 19 heavy (non-hydrogen) atoms. The summed E-state index contributed by atoms with van der Waals surface area (Å²) in [5.74, 6) is -0.133. The van der Waals surface area contributed by atoms with E-state index in [0.717, 1.165) is 0 Å². The van der Waals surface area contributed by atoms with Crippen molar-refractivity contribution in [2.75, 3.05) is 0 Å². The summed E-state index contributed by atoms with van der Waals surface area (Å²) >= 11 is 0. The van der Waals surface area contributed by atoms with E-state index in [2.05, 4.69) is 0 Å². The smallest absolute Gasteiger partial charge is 0.190 e. The standard InChI is InChI=1S/C15H22O4/c1-7-5-8(16)6-9-10(17)12-11(18)13(15(7,9)4)14(2,3)19-12/h6-8,11-13,16,18H,5H2,1-4H3. The van der Waals surface area contributed by atoms with Crippen LogP contribution in [0, 0.1) is 17.3 Å². The third-order valence-electron chi connectivity index (χ3n) is 5.56. The van der Waals surface area contributed by atoms with Gasteiger partial charge in [-0.3, -0.25) is 4.79 Å². The molecule has 0 amide bonds. The molecule has 6 atom stereocenters. The van der Waals surface area contributed by atoms with Gasteiger partial charge in [-0.25, -0.2) is 0 Å². The van der Waals surface area contributed by atoms with E-state index < -0.39 is 29.3 Å². The van der Waals surface area contributed by atoms with E-state index >= 15 is 0 Å². The molecule has 3 aliphatic rings. The molecule has 4 heteroatoms. The summed E-state index contributed by atoms with van der Waals surface area (Å²) < 4.78 is 5.82. The van der Waals surface area contributed by atoms with Crippen molar-refractivity contribution < 1.29 is 19.7 Å². The Balaban J connectivity index is 2.21. The van der Waals surface area contributed by atoms with Crippen LogP contribution in [0.15, 0.2) is 11.6 Å². The van der Waals surface area contributed by atoms with Crippen LogP contribution in [0.1, 0.15) is 34.1 Å². The molecule has 0 spiro atoms. The first-order valence-corrected chi connectivity index (χ1v) is 7.00. The van der Waals surface area contributed by atoms with Crippen LogP contribution in [0.25, 0.3) is 0 Å². The Morgan fingerprint density at radius 2 is 1.95 bits per heavy atom. The van der Waals surface area contributed by atoms with Crippen molar-refractivity contribution in [1.29, 1.82) is 0 Å². The van der Waals surface area contributed by atoms with Gasteiger partial charge in [0.15, 0.2) is 5.78 Å². The maximum atomic E-state index is 12.5. The highest BCUT2D eigenvalue weighted by molar-refractivity contribution is 6.02. The monoisotopic (exact) mass is 266 g/mol. The number of Topliss-reactive ketones (excluding diaryl/α,β-unsaturated/α-hetero) is 1. The van der Waals surface area contributed by atoms with E-state index in [0.29, 0.717) is 12.0 Å². The SMILES string of the molecule is CC1CC(O)C=C2C(=O)C3OC(C)(C)C(C3O)C21C. The summed E-state index contributed by atoms with van der Waals surface area (Å²) in [4.78, 5) is 12.5. The Bertz CT molecular complexity index is 467. The molecule has 3 rings (SSSR count). The maximum Gasteiger partial charge on any atom is 0.190 e. The van der Waals surface area contributed by atoms with Crippen molar-refractivity contribution in [1.82, 2.24) is 0 Å². The summed E-state index contributed by atoms with van der Waals surface area (Å²) in [7, 11) is 0. The highest BCUT2D eigenvalue weighted by Crippen LogP contribution is 2.60. The zero-order chi connectivity index (χ0) is 14.2. The molecule has 2 aliphatic carbocycles. The molecule has 0 aromatic heterocycles. The van der Waals surface area contributed by atoms with Gasteiger partial charge in [-0.05, 0) is 32.3 Å². The molecule has 1 saturated carbocycles. The summed E-state index contributed by atoms with van der Waals surface area (Å²) in [6, 6.07) is 0. The van der Waals surface area contributed by atoms with E-state index in [4.69, 9.17) is 4.74 Å². The minimum absolute atomic E-state index is 0.114. The third-order valence-corrected chi connectivity index (χ3v) is 5.56. The second kappa shape index (κ2) is 3.68. The lowest BCUT2D eigenvalue weighted by molar-refractivity contribution is -0.134. The predicted molar refractivity (Wildman–Crippen MR) is 69.4 cm³/mol. The highest BCUT2D eigenvalue weighted by Gasteiger charge is 2.66. The van der Waals surface area contributed by atoms with Gasteiger partial charge in [0.1, 0.15) is 6.10 Å². The van der Waals surface area contributed by atoms with Crippen LogP contribution >= 0.6 is 0 Å². The van der Waals surface area contributed by atoms with Crippen LogP contribution in [0.2, 0.25) is 0 Å². The van der Waals surface area contributed by atoms with Gasteiger partial charge in [-0.15, -0.1) is 0 Å². The van der Waals surface area contributed by atoms with Crippen LogP contribution in [0.3, 0.4) is 0 Å². The quantitative estimate of drug-likeness (QED) is 0.688. The number of aliphatic hydroxyl groups is 2. The van der Waals surface area contributed by atoms with Crippen molar-refractivity contribution in [3.05, 3.63) is 11.6 Å². The lowest BCUT2D eigenvalue weighted by atomic mass is 9.52. The zero-order valence-electron chi connectivity index (χ0n) is 11.9. The molecule has 4 nitrogen and oxygen atoms in total. The van der Waals surface area contributed by atoms with Crippen molar-refractivity contribution >= 4 is 5.78 Å².